The van der Waals surface area contributed by atoms with E-state index in [9.17, 15) is 9.59 Å². The van der Waals surface area contributed by atoms with Gasteiger partial charge in [0.05, 0.1) is 12.9 Å². The topological polar surface area (TPSA) is 58.6 Å². The van der Waals surface area contributed by atoms with Gasteiger partial charge >= 0.3 is 0 Å². The summed E-state index contributed by atoms with van der Waals surface area (Å²) in [6.45, 7) is 6.14. The van der Waals surface area contributed by atoms with Crippen LogP contribution in [0, 0.1) is 0 Å². The Balaban J connectivity index is 2.09. The van der Waals surface area contributed by atoms with Crippen LogP contribution >= 0.6 is 11.8 Å². The van der Waals surface area contributed by atoms with E-state index in [0.717, 1.165) is 23.5 Å². The van der Waals surface area contributed by atoms with Crippen LogP contribution in [0.15, 0.2) is 54.6 Å². The summed E-state index contributed by atoms with van der Waals surface area (Å²) in [4.78, 5) is 27.5. The zero-order chi connectivity index (χ0) is 21.9. The molecule has 2 rings (SSSR count). The number of ether oxygens (including phenoxy) is 1. The summed E-state index contributed by atoms with van der Waals surface area (Å²) in [5.74, 6) is 1.63. The molecule has 0 saturated carbocycles. The largest absolute Gasteiger partial charge is 0.497 e. The van der Waals surface area contributed by atoms with Gasteiger partial charge in [0.25, 0.3) is 0 Å². The van der Waals surface area contributed by atoms with E-state index >= 15 is 0 Å². The molecule has 0 aliphatic rings. The van der Waals surface area contributed by atoms with Crippen molar-refractivity contribution < 1.29 is 14.3 Å². The maximum atomic E-state index is 13.1. The number of amides is 2. The Labute approximate surface area is 184 Å². The van der Waals surface area contributed by atoms with Crippen LogP contribution in [0.3, 0.4) is 0 Å². The maximum Gasteiger partial charge on any atom is 0.242 e. The van der Waals surface area contributed by atoms with Crippen molar-refractivity contribution in [1.29, 1.82) is 0 Å². The molecule has 2 amide bonds. The Kier molecular flexibility index (Phi) is 9.74. The van der Waals surface area contributed by atoms with Crippen LogP contribution in [0.25, 0.3) is 0 Å². The maximum absolute atomic E-state index is 13.1. The molecule has 0 fully saturated rings. The van der Waals surface area contributed by atoms with Crippen LogP contribution in [-0.4, -0.2) is 41.7 Å². The van der Waals surface area contributed by atoms with Crippen molar-refractivity contribution in [2.75, 3.05) is 12.9 Å². The molecular formula is C24H32N2O3S. The van der Waals surface area contributed by atoms with Crippen molar-refractivity contribution in [3.05, 3.63) is 65.7 Å². The minimum Gasteiger partial charge on any atom is -0.497 e. The van der Waals surface area contributed by atoms with Crippen LogP contribution < -0.4 is 10.1 Å². The summed E-state index contributed by atoms with van der Waals surface area (Å²) in [6.07, 6.45) is 0.842. The number of nitrogens with one attached hydrogen (secondary N) is 1. The third-order valence-electron chi connectivity index (χ3n) is 4.99. The molecule has 0 unspecified atom stereocenters. The van der Waals surface area contributed by atoms with Gasteiger partial charge in [-0.05, 0) is 43.5 Å². The monoisotopic (exact) mass is 428 g/mol. The Morgan fingerprint density at radius 2 is 1.77 bits per heavy atom. The number of nitrogens with zero attached hydrogens (tertiary/aromatic N) is 1. The lowest BCUT2D eigenvalue weighted by atomic mass is 10.1. The normalized spacial score (nSPS) is 12.7. The fraction of sp³-hybridized carbons (Fsp3) is 0.417. The Hall–Kier alpha value is -2.47. The van der Waals surface area contributed by atoms with Gasteiger partial charge in [-0.25, -0.2) is 0 Å². The zero-order valence-electron chi connectivity index (χ0n) is 18.3. The van der Waals surface area contributed by atoms with E-state index in [1.165, 1.54) is 5.56 Å². The molecule has 0 saturated heterocycles. The van der Waals surface area contributed by atoms with Crippen LogP contribution in [0.5, 0.6) is 5.75 Å². The molecule has 5 nitrogen and oxygen atoms in total. The lowest BCUT2D eigenvalue weighted by Crippen LogP contribution is -2.50. The summed E-state index contributed by atoms with van der Waals surface area (Å²) < 4.78 is 5.30. The predicted molar refractivity (Wildman–Crippen MR) is 124 cm³/mol. The quantitative estimate of drug-likeness (QED) is 0.581. The molecule has 0 heterocycles. The Bertz CT molecular complexity index is 813. The van der Waals surface area contributed by atoms with Crippen LogP contribution in [0.1, 0.15) is 38.3 Å². The minimum absolute atomic E-state index is 0.0504. The second-order valence-corrected chi connectivity index (χ2v) is 8.33. The van der Waals surface area contributed by atoms with Gasteiger partial charge in [0.2, 0.25) is 11.8 Å². The second-order valence-electron chi connectivity index (χ2n) is 7.35. The van der Waals surface area contributed by atoms with E-state index in [-0.39, 0.29) is 17.9 Å². The van der Waals surface area contributed by atoms with Crippen molar-refractivity contribution in [3.63, 3.8) is 0 Å². The average Bonchev–Trinajstić information content (AvgIpc) is 2.77. The molecule has 1 N–H and O–H groups in total. The van der Waals surface area contributed by atoms with Crippen molar-refractivity contribution in [2.24, 2.45) is 0 Å². The highest BCUT2D eigenvalue weighted by Crippen LogP contribution is 2.18. The van der Waals surface area contributed by atoms with E-state index < -0.39 is 6.04 Å². The molecule has 2 aromatic carbocycles. The number of thioether (sulfide) groups is 1. The first-order valence-electron chi connectivity index (χ1n) is 10.3. The number of hydrogen-bond donors (Lipinski definition) is 1. The number of rotatable bonds is 11. The number of benzene rings is 2. The molecular weight excluding hydrogens is 396 g/mol. The highest BCUT2D eigenvalue weighted by molar-refractivity contribution is 7.99. The Morgan fingerprint density at radius 1 is 1.07 bits per heavy atom. The van der Waals surface area contributed by atoms with Crippen molar-refractivity contribution in [1.82, 2.24) is 10.2 Å². The first-order valence-corrected chi connectivity index (χ1v) is 11.4. The van der Waals surface area contributed by atoms with Gasteiger partial charge in [0, 0.05) is 18.3 Å². The Morgan fingerprint density at radius 3 is 2.43 bits per heavy atom. The van der Waals surface area contributed by atoms with E-state index in [1.54, 1.807) is 30.7 Å². The highest BCUT2D eigenvalue weighted by Gasteiger charge is 2.26. The van der Waals surface area contributed by atoms with Crippen LogP contribution in [0.2, 0.25) is 0 Å². The average molecular weight is 429 g/mol. The predicted octanol–water partition coefficient (Wildman–Crippen LogP) is 4.26. The summed E-state index contributed by atoms with van der Waals surface area (Å²) in [5.41, 5.74) is 2.11. The van der Waals surface area contributed by atoms with E-state index in [1.807, 2.05) is 68.4 Å². The second kappa shape index (κ2) is 12.3. The molecule has 0 spiro atoms. The third-order valence-corrected chi connectivity index (χ3v) is 5.98. The van der Waals surface area contributed by atoms with Gasteiger partial charge in [0.1, 0.15) is 11.8 Å². The van der Waals surface area contributed by atoms with Crippen LogP contribution in [0.4, 0.5) is 0 Å². The molecule has 2 aromatic rings. The molecule has 162 valence electrons. The van der Waals surface area contributed by atoms with E-state index in [4.69, 9.17) is 4.74 Å². The first kappa shape index (κ1) is 23.8. The molecule has 0 radical (unpaired) electrons. The van der Waals surface area contributed by atoms with Gasteiger partial charge in [-0.15, -0.1) is 11.8 Å². The molecule has 0 aromatic heterocycles. The van der Waals surface area contributed by atoms with E-state index in [2.05, 4.69) is 5.32 Å². The number of carbonyl (C=O) groups excluding carboxylic acids is 2. The van der Waals surface area contributed by atoms with Crippen molar-refractivity contribution in [2.45, 2.75) is 51.6 Å². The summed E-state index contributed by atoms with van der Waals surface area (Å²) in [6, 6.07) is 17.2. The zero-order valence-corrected chi connectivity index (χ0v) is 19.1. The van der Waals surface area contributed by atoms with Crippen LogP contribution in [-0.2, 0) is 21.9 Å². The van der Waals surface area contributed by atoms with Gasteiger partial charge in [-0.3, -0.25) is 9.59 Å². The van der Waals surface area contributed by atoms with Gasteiger partial charge < -0.3 is 15.0 Å². The molecule has 0 aliphatic carbocycles. The molecule has 6 heteroatoms. The lowest BCUT2D eigenvalue weighted by Gasteiger charge is -2.29. The molecule has 0 aliphatic heterocycles. The lowest BCUT2D eigenvalue weighted by molar-refractivity contribution is -0.138. The van der Waals surface area contributed by atoms with Gasteiger partial charge in [-0.1, -0.05) is 49.4 Å². The van der Waals surface area contributed by atoms with Crippen molar-refractivity contribution in [3.8, 4) is 5.75 Å². The third kappa shape index (κ3) is 7.41. The molecule has 30 heavy (non-hydrogen) atoms. The number of methoxy groups -OCH3 is 1. The molecule has 0 bridgehead atoms. The summed E-state index contributed by atoms with van der Waals surface area (Å²) in [7, 11) is 1.62. The molecule has 2 atom stereocenters. The fourth-order valence-electron chi connectivity index (χ4n) is 2.93. The highest BCUT2D eigenvalue weighted by atomic mass is 32.2. The van der Waals surface area contributed by atoms with E-state index in [0.29, 0.717) is 12.3 Å². The first-order chi connectivity index (χ1) is 14.4. The van der Waals surface area contributed by atoms with Gasteiger partial charge in [-0.2, -0.15) is 0 Å². The number of hydrogen-bond acceptors (Lipinski definition) is 4. The standard InChI is InChI=1S/C24H32N2O3S/c1-5-18(2)25-24(28)19(3)26(15-21-12-9-13-22(14-21)29-4)23(27)17-30-16-20-10-7-6-8-11-20/h6-14,18-19H,5,15-17H2,1-4H3,(H,25,28)/t18-,19-/m1/s1. The smallest absolute Gasteiger partial charge is 0.242 e. The SMILES string of the molecule is CC[C@@H](C)NC(=O)[C@@H](C)N(Cc1cccc(OC)c1)C(=O)CSCc1ccccc1. The fourth-order valence-corrected chi connectivity index (χ4v) is 3.80. The van der Waals surface area contributed by atoms with Gasteiger partial charge in [0.15, 0.2) is 0 Å². The minimum atomic E-state index is -0.560. The number of carbonyl (C=O) groups is 2. The van der Waals surface area contributed by atoms with Crippen molar-refractivity contribution >= 4 is 23.6 Å². The summed E-state index contributed by atoms with van der Waals surface area (Å²) >= 11 is 1.56. The summed E-state index contributed by atoms with van der Waals surface area (Å²) in [5, 5.41) is 2.99.